The van der Waals surface area contributed by atoms with Crippen molar-refractivity contribution in [1.82, 2.24) is 4.72 Å². The van der Waals surface area contributed by atoms with Gasteiger partial charge in [0.15, 0.2) is 0 Å². The highest BCUT2D eigenvalue weighted by Crippen LogP contribution is 2.21. The van der Waals surface area contributed by atoms with Crippen LogP contribution >= 0.6 is 12.4 Å². The molecule has 21 heavy (non-hydrogen) atoms. The van der Waals surface area contributed by atoms with E-state index in [1.807, 2.05) is 13.8 Å². The number of rotatable bonds is 6. The van der Waals surface area contributed by atoms with E-state index in [9.17, 15) is 17.2 Å². The van der Waals surface area contributed by atoms with Crippen molar-refractivity contribution >= 4 is 22.4 Å². The first-order valence-electron chi connectivity index (χ1n) is 6.29. The molecule has 0 aliphatic carbocycles. The Morgan fingerprint density at radius 2 is 1.90 bits per heavy atom. The molecule has 0 saturated heterocycles. The van der Waals surface area contributed by atoms with E-state index in [1.54, 1.807) is 6.92 Å². The average molecular weight is 343 g/mol. The second kappa shape index (κ2) is 7.49. The molecular formula is C13H21ClF2N2O2S. The van der Waals surface area contributed by atoms with E-state index in [-0.39, 0.29) is 24.9 Å². The number of hydrogen-bond acceptors (Lipinski definition) is 3. The molecule has 3 N–H and O–H groups in total. The summed E-state index contributed by atoms with van der Waals surface area (Å²) in [5.74, 6) is -1.61. The molecule has 1 aromatic rings. The van der Waals surface area contributed by atoms with Gasteiger partial charge in [-0.2, -0.15) is 0 Å². The zero-order chi connectivity index (χ0) is 15.6. The number of benzene rings is 1. The Morgan fingerprint density at radius 1 is 1.33 bits per heavy atom. The maximum atomic E-state index is 13.6. The Bertz CT molecular complexity index is 582. The lowest BCUT2D eigenvalue weighted by Crippen LogP contribution is -2.52. The quantitative estimate of drug-likeness (QED) is 0.834. The van der Waals surface area contributed by atoms with Crippen LogP contribution in [0.3, 0.4) is 0 Å². The summed E-state index contributed by atoms with van der Waals surface area (Å²) < 4.78 is 53.5. The van der Waals surface area contributed by atoms with Crippen LogP contribution in [-0.4, -0.2) is 20.5 Å². The number of sulfonamides is 1. The molecule has 4 nitrogen and oxygen atoms in total. The van der Waals surface area contributed by atoms with Gasteiger partial charge in [0.25, 0.3) is 0 Å². The fourth-order valence-corrected chi connectivity index (χ4v) is 3.65. The third-order valence-corrected chi connectivity index (χ3v) is 4.53. The third-order valence-electron chi connectivity index (χ3n) is 2.87. The minimum Gasteiger partial charge on any atom is -0.329 e. The monoisotopic (exact) mass is 342 g/mol. The molecule has 1 unspecified atom stereocenters. The average Bonchev–Trinajstić information content (AvgIpc) is 2.30. The Kier molecular flexibility index (Phi) is 7.22. The predicted molar refractivity (Wildman–Crippen MR) is 80.8 cm³/mol. The molecule has 0 aromatic heterocycles. The summed E-state index contributed by atoms with van der Waals surface area (Å²) >= 11 is 0. The fraction of sp³-hybridized carbons (Fsp3) is 0.538. The molecule has 1 rings (SSSR count). The highest BCUT2D eigenvalue weighted by Gasteiger charge is 2.31. The molecular weight excluding hydrogens is 322 g/mol. The Labute approximate surface area is 130 Å². The molecule has 0 aliphatic heterocycles. The van der Waals surface area contributed by atoms with E-state index in [2.05, 4.69) is 4.72 Å². The van der Waals surface area contributed by atoms with Crippen LogP contribution < -0.4 is 10.5 Å². The minimum absolute atomic E-state index is 0. The minimum atomic E-state index is -4.17. The van der Waals surface area contributed by atoms with E-state index in [1.165, 1.54) is 0 Å². The highest BCUT2D eigenvalue weighted by molar-refractivity contribution is 7.89. The topological polar surface area (TPSA) is 72.2 Å². The first kappa shape index (κ1) is 20.2. The van der Waals surface area contributed by atoms with Gasteiger partial charge in [-0.15, -0.1) is 12.4 Å². The van der Waals surface area contributed by atoms with Gasteiger partial charge in [-0.25, -0.2) is 21.9 Å². The molecule has 0 bridgehead atoms. The van der Waals surface area contributed by atoms with Crippen molar-refractivity contribution in [3.63, 3.8) is 0 Å². The van der Waals surface area contributed by atoms with Gasteiger partial charge in [-0.1, -0.05) is 13.8 Å². The molecule has 0 amide bonds. The smallest absolute Gasteiger partial charge is 0.244 e. The Hall–Kier alpha value is -0.760. The summed E-state index contributed by atoms with van der Waals surface area (Å²) in [6.07, 6.45) is 0.486. The Balaban J connectivity index is 0.00000400. The Morgan fingerprint density at radius 3 is 2.38 bits per heavy atom. The highest BCUT2D eigenvalue weighted by atomic mass is 35.5. The van der Waals surface area contributed by atoms with E-state index in [0.717, 1.165) is 12.1 Å². The number of nitrogens with one attached hydrogen (secondary N) is 1. The van der Waals surface area contributed by atoms with Gasteiger partial charge in [0.1, 0.15) is 16.5 Å². The summed E-state index contributed by atoms with van der Waals surface area (Å²) in [4.78, 5) is -0.707. The van der Waals surface area contributed by atoms with Crippen LogP contribution in [0.25, 0.3) is 0 Å². The zero-order valence-electron chi connectivity index (χ0n) is 12.2. The summed E-state index contributed by atoms with van der Waals surface area (Å²) in [5, 5.41) is 0. The SMILES string of the molecule is CC(C)CC(C)(CN)NS(=O)(=O)c1cc(F)ccc1F.Cl. The van der Waals surface area contributed by atoms with E-state index >= 15 is 0 Å². The van der Waals surface area contributed by atoms with Crippen molar-refractivity contribution in [3.8, 4) is 0 Å². The zero-order valence-corrected chi connectivity index (χ0v) is 13.8. The fourth-order valence-electron chi connectivity index (χ4n) is 2.13. The first-order chi connectivity index (χ1) is 9.09. The standard InChI is InChI=1S/C13H20F2N2O2S.ClH/c1-9(2)7-13(3,8-16)17-20(18,19)12-6-10(14)4-5-11(12)15;/h4-6,9,17H,7-8,16H2,1-3H3;1H. The summed E-state index contributed by atoms with van der Waals surface area (Å²) in [6, 6.07) is 2.31. The number of hydrogen-bond donors (Lipinski definition) is 2. The van der Waals surface area contributed by atoms with Crippen molar-refractivity contribution in [1.29, 1.82) is 0 Å². The van der Waals surface area contributed by atoms with Crippen LogP contribution in [0.2, 0.25) is 0 Å². The molecule has 0 radical (unpaired) electrons. The second-order valence-corrected chi connectivity index (χ2v) is 7.19. The third kappa shape index (κ3) is 5.50. The predicted octanol–water partition coefficient (Wildman–Crippen LogP) is 2.43. The maximum absolute atomic E-state index is 13.6. The van der Waals surface area contributed by atoms with Crippen LogP contribution in [0, 0.1) is 17.6 Å². The van der Waals surface area contributed by atoms with Gasteiger partial charge in [0, 0.05) is 12.1 Å². The van der Waals surface area contributed by atoms with Crippen LogP contribution in [-0.2, 0) is 10.0 Å². The van der Waals surface area contributed by atoms with E-state index < -0.39 is 32.1 Å². The maximum Gasteiger partial charge on any atom is 0.244 e. The lowest BCUT2D eigenvalue weighted by molar-refractivity contribution is 0.344. The van der Waals surface area contributed by atoms with Gasteiger partial charge < -0.3 is 5.73 Å². The largest absolute Gasteiger partial charge is 0.329 e. The van der Waals surface area contributed by atoms with Crippen molar-refractivity contribution in [3.05, 3.63) is 29.8 Å². The van der Waals surface area contributed by atoms with Crippen molar-refractivity contribution in [2.24, 2.45) is 11.7 Å². The van der Waals surface area contributed by atoms with Crippen molar-refractivity contribution in [2.45, 2.75) is 37.6 Å². The van der Waals surface area contributed by atoms with Gasteiger partial charge in [-0.05, 0) is 37.5 Å². The van der Waals surface area contributed by atoms with Crippen LogP contribution in [0.5, 0.6) is 0 Å². The lowest BCUT2D eigenvalue weighted by Gasteiger charge is -2.30. The molecule has 0 saturated carbocycles. The van der Waals surface area contributed by atoms with Crippen molar-refractivity contribution < 1.29 is 17.2 Å². The van der Waals surface area contributed by atoms with Crippen LogP contribution in [0.1, 0.15) is 27.2 Å². The van der Waals surface area contributed by atoms with Gasteiger partial charge in [0.05, 0.1) is 0 Å². The van der Waals surface area contributed by atoms with E-state index in [4.69, 9.17) is 5.73 Å². The first-order valence-corrected chi connectivity index (χ1v) is 7.77. The second-order valence-electron chi connectivity index (χ2n) is 5.54. The summed E-state index contributed by atoms with van der Waals surface area (Å²) in [6.45, 7) is 5.54. The number of nitrogens with two attached hydrogens (primary N) is 1. The number of halogens is 3. The van der Waals surface area contributed by atoms with E-state index in [0.29, 0.717) is 12.5 Å². The molecule has 0 spiro atoms. The molecule has 1 aromatic carbocycles. The van der Waals surface area contributed by atoms with Crippen molar-refractivity contribution in [2.75, 3.05) is 6.54 Å². The van der Waals surface area contributed by atoms with Gasteiger partial charge in [0.2, 0.25) is 10.0 Å². The molecule has 0 heterocycles. The van der Waals surface area contributed by atoms with Gasteiger partial charge >= 0.3 is 0 Å². The van der Waals surface area contributed by atoms with Crippen LogP contribution in [0.15, 0.2) is 23.1 Å². The summed E-state index contributed by atoms with van der Waals surface area (Å²) in [7, 11) is -4.17. The molecule has 8 heteroatoms. The normalized spacial score (nSPS) is 14.6. The molecule has 1 atom stereocenters. The molecule has 122 valence electrons. The molecule has 0 fully saturated rings. The lowest BCUT2D eigenvalue weighted by atomic mass is 9.92. The van der Waals surface area contributed by atoms with Gasteiger partial charge in [-0.3, -0.25) is 0 Å². The van der Waals surface area contributed by atoms with Crippen LogP contribution in [0.4, 0.5) is 8.78 Å². The summed E-state index contributed by atoms with van der Waals surface area (Å²) in [5.41, 5.74) is 4.70. The molecule has 0 aliphatic rings.